The first-order valence-corrected chi connectivity index (χ1v) is 6.60. The van der Waals surface area contributed by atoms with Crippen LogP contribution in [0.2, 0.25) is 5.02 Å². The monoisotopic (exact) mass is 285 g/mol. The molecule has 0 radical (unpaired) electrons. The van der Waals surface area contributed by atoms with Gasteiger partial charge in [0.15, 0.2) is 0 Å². The highest BCUT2D eigenvalue weighted by Crippen LogP contribution is 2.27. The summed E-state index contributed by atoms with van der Waals surface area (Å²) in [5.41, 5.74) is 3.24. The Balaban J connectivity index is 1.96. The lowest BCUT2D eigenvalue weighted by molar-refractivity contribution is -0.116. The maximum absolute atomic E-state index is 12.1. The largest absolute Gasteiger partial charge is 0.272 e. The van der Waals surface area contributed by atoms with Crippen LogP contribution in [0, 0.1) is 6.92 Å². The normalized spacial score (nSPS) is 14.6. The van der Waals surface area contributed by atoms with Crippen LogP contribution in [0.1, 0.15) is 17.5 Å². The van der Waals surface area contributed by atoms with E-state index in [0.29, 0.717) is 10.7 Å². The van der Waals surface area contributed by atoms with E-state index >= 15 is 0 Å². The summed E-state index contributed by atoms with van der Waals surface area (Å²) in [5, 5.41) is 6.40. The number of rotatable bonds is 2. The standard InChI is InChI=1S/C15H12ClN3O/c1-10-4-5-12(7-13(10)16)19-15(20)8-14(18-19)11-3-2-6-17-9-11/h2-7,9H,8H2,1H3. The molecule has 5 heteroatoms. The van der Waals surface area contributed by atoms with Gasteiger partial charge in [-0.05, 0) is 36.8 Å². The fourth-order valence-corrected chi connectivity index (χ4v) is 2.21. The Labute approximate surface area is 121 Å². The number of anilines is 1. The Kier molecular flexibility index (Phi) is 3.24. The van der Waals surface area contributed by atoms with Crippen LogP contribution >= 0.6 is 11.6 Å². The summed E-state index contributed by atoms with van der Waals surface area (Å²) in [5.74, 6) is -0.0660. The number of aryl methyl sites for hydroxylation is 1. The molecule has 0 spiro atoms. The molecule has 0 saturated carbocycles. The molecule has 1 amide bonds. The van der Waals surface area contributed by atoms with Gasteiger partial charge in [0.2, 0.25) is 0 Å². The van der Waals surface area contributed by atoms with E-state index in [9.17, 15) is 4.79 Å². The van der Waals surface area contributed by atoms with Gasteiger partial charge in [0, 0.05) is 23.0 Å². The highest BCUT2D eigenvalue weighted by Gasteiger charge is 2.26. The van der Waals surface area contributed by atoms with Gasteiger partial charge >= 0.3 is 0 Å². The van der Waals surface area contributed by atoms with Gasteiger partial charge in [0.1, 0.15) is 0 Å². The molecule has 1 aliphatic rings. The predicted molar refractivity (Wildman–Crippen MR) is 79.1 cm³/mol. The third-order valence-corrected chi connectivity index (χ3v) is 3.58. The van der Waals surface area contributed by atoms with Crippen molar-refractivity contribution in [2.75, 3.05) is 5.01 Å². The number of hydrogen-bond acceptors (Lipinski definition) is 3. The molecule has 0 unspecified atom stereocenters. The lowest BCUT2D eigenvalue weighted by Gasteiger charge is -2.12. The number of hydrogen-bond donors (Lipinski definition) is 0. The van der Waals surface area contributed by atoms with E-state index in [4.69, 9.17) is 11.6 Å². The van der Waals surface area contributed by atoms with Gasteiger partial charge in [-0.25, -0.2) is 5.01 Å². The van der Waals surface area contributed by atoms with Crippen molar-refractivity contribution < 1.29 is 4.79 Å². The van der Waals surface area contributed by atoms with E-state index in [2.05, 4.69) is 10.1 Å². The first kappa shape index (κ1) is 12.8. The van der Waals surface area contributed by atoms with Crippen molar-refractivity contribution in [3.63, 3.8) is 0 Å². The van der Waals surface area contributed by atoms with Gasteiger partial charge in [-0.15, -0.1) is 0 Å². The number of pyridine rings is 1. The third-order valence-electron chi connectivity index (χ3n) is 3.17. The van der Waals surface area contributed by atoms with Gasteiger partial charge in [0.25, 0.3) is 5.91 Å². The molecule has 20 heavy (non-hydrogen) atoms. The van der Waals surface area contributed by atoms with Crippen molar-refractivity contribution >= 4 is 28.9 Å². The first-order chi connectivity index (χ1) is 9.65. The van der Waals surface area contributed by atoms with Gasteiger partial charge in [-0.2, -0.15) is 5.10 Å². The molecule has 0 aliphatic carbocycles. The topological polar surface area (TPSA) is 45.6 Å². The van der Waals surface area contributed by atoms with Crippen LogP contribution in [0.3, 0.4) is 0 Å². The van der Waals surface area contributed by atoms with E-state index in [1.165, 1.54) is 5.01 Å². The minimum atomic E-state index is -0.0660. The molecule has 0 atom stereocenters. The molecular formula is C15H12ClN3O. The van der Waals surface area contributed by atoms with Crippen LogP contribution in [-0.4, -0.2) is 16.6 Å². The lowest BCUT2D eigenvalue weighted by Crippen LogP contribution is -2.19. The van der Waals surface area contributed by atoms with E-state index in [1.54, 1.807) is 18.5 Å². The minimum Gasteiger partial charge on any atom is -0.272 e. The van der Waals surface area contributed by atoms with E-state index in [1.807, 2.05) is 31.2 Å². The zero-order chi connectivity index (χ0) is 14.1. The molecule has 0 fully saturated rings. The van der Waals surface area contributed by atoms with Crippen molar-refractivity contribution in [1.29, 1.82) is 0 Å². The van der Waals surface area contributed by atoms with E-state index in [-0.39, 0.29) is 12.3 Å². The molecule has 0 bridgehead atoms. The number of amides is 1. The number of aromatic nitrogens is 1. The average molecular weight is 286 g/mol. The number of nitrogens with zero attached hydrogens (tertiary/aromatic N) is 3. The summed E-state index contributed by atoms with van der Waals surface area (Å²) in [6.07, 6.45) is 3.67. The van der Waals surface area contributed by atoms with Gasteiger partial charge in [-0.1, -0.05) is 17.7 Å². The zero-order valence-electron chi connectivity index (χ0n) is 10.9. The molecule has 2 heterocycles. The second kappa shape index (κ2) is 5.06. The average Bonchev–Trinajstić information content (AvgIpc) is 2.85. The second-order valence-electron chi connectivity index (χ2n) is 4.60. The molecule has 1 aliphatic heterocycles. The maximum Gasteiger partial charge on any atom is 0.253 e. The van der Waals surface area contributed by atoms with Crippen LogP contribution in [-0.2, 0) is 4.79 Å². The van der Waals surface area contributed by atoms with Crippen LogP contribution in [0.5, 0.6) is 0 Å². The zero-order valence-corrected chi connectivity index (χ0v) is 11.6. The van der Waals surface area contributed by atoms with E-state index < -0.39 is 0 Å². The smallest absolute Gasteiger partial charge is 0.253 e. The Hall–Kier alpha value is -2.20. The number of carbonyl (C=O) groups excluding carboxylic acids is 1. The van der Waals surface area contributed by atoms with Gasteiger partial charge in [0.05, 0.1) is 17.8 Å². The fourth-order valence-electron chi connectivity index (χ4n) is 2.04. The van der Waals surface area contributed by atoms with E-state index in [0.717, 1.165) is 16.8 Å². The predicted octanol–water partition coefficient (Wildman–Crippen LogP) is 3.18. The van der Waals surface area contributed by atoms with Crippen molar-refractivity contribution in [2.45, 2.75) is 13.3 Å². The number of halogens is 1. The van der Waals surface area contributed by atoms with Crippen molar-refractivity contribution in [2.24, 2.45) is 5.10 Å². The third kappa shape index (κ3) is 2.30. The molecule has 4 nitrogen and oxygen atoms in total. The number of benzene rings is 1. The molecule has 2 aromatic rings. The fraction of sp³-hybridized carbons (Fsp3) is 0.133. The minimum absolute atomic E-state index is 0.0660. The molecule has 100 valence electrons. The van der Waals surface area contributed by atoms with Crippen LogP contribution in [0.25, 0.3) is 0 Å². The lowest BCUT2D eigenvalue weighted by atomic mass is 10.1. The van der Waals surface area contributed by atoms with Crippen molar-refractivity contribution in [3.8, 4) is 0 Å². The Bertz CT molecular complexity index is 698. The van der Waals surface area contributed by atoms with Crippen molar-refractivity contribution in [3.05, 3.63) is 58.9 Å². The summed E-state index contributed by atoms with van der Waals surface area (Å²) >= 11 is 6.10. The Morgan fingerprint density at radius 3 is 2.85 bits per heavy atom. The molecule has 1 aromatic heterocycles. The Morgan fingerprint density at radius 1 is 1.30 bits per heavy atom. The summed E-state index contributed by atoms with van der Waals surface area (Å²) < 4.78 is 0. The summed E-state index contributed by atoms with van der Waals surface area (Å²) in [6.45, 7) is 1.92. The molecule has 0 saturated heterocycles. The van der Waals surface area contributed by atoms with Gasteiger partial charge in [-0.3, -0.25) is 9.78 Å². The number of hydrazone groups is 1. The van der Waals surface area contributed by atoms with Crippen LogP contribution in [0.4, 0.5) is 5.69 Å². The van der Waals surface area contributed by atoms with Crippen LogP contribution < -0.4 is 5.01 Å². The molecule has 1 aromatic carbocycles. The summed E-state index contributed by atoms with van der Waals surface area (Å²) in [4.78, 5) is 16.1. The Morgan fingerprint density at radius 2 is 2.15 bits per heavy atom. The first-order valence-electron chi connectivity index (χ1n) is 6.22. The van der Waals surface area contributed by atoms with Crippen LogP contribution in [0.15, 0.2) is 47.8 Å². The van der Waals surface area contributed by atoms with Gasteiger partial charge < -0.3 is 0 Å². The molecule has 0 N–H and O–H groups in total. The van der Waals surface area contributed by atoms with Crippen molar-refractivity contribution in [1.82, 2.24) is 4.98 Å². The highest BCUT2D eigenvalue weighted by molar-refractivity contribution is 6.31. The second-order valence-corrected chi connectivity index (χ2v) is 5.01. The SMILES string of the molecule is Cc1ccc(N2N=C(c3cccnc3)CC2=O)cc1Cl. The maximum atomic E-state index is 12.1. The quantitative estimate of drug-likeness (QED) is 0.851. The highest BCUT2D eigenvalue weighted by atomic mass is 35.5. The molecular weight excluding hydrogens is 274 g/mol. The molecule has 3 rings (SSSR count). The summed E-state index contributed by atoms with van der Waals surface area (Å²) in [6, 6.07) is 9.19. The number of carbonyl (C=O) groups is 1. The summed E-state index contributed by atoms with van der Waals surface area (Å²) in [7, 11) is 0.